The van der Waals surface area contributed by atoms with E-state index in [1.165, 1.54) is 12.8 Å². The molecule has 1 aromatic heterocycles. The number of hydrogen-bond acceptors (Lipinski definition) is 4. The van der Waals surface area contributed by atoms with Gasteiger partial charge in [-0.15, -0.1) is 11.8 Å². The fourth-order valence-corrected chi connectivity index (χ4v) is 3.16. The van der Waals surface area contributed by atoms with Crippen molar-refractivity contribution in [3.8, 4) is 0 Å². The molecule has 1 fully saturated rings. The van der Waals surface area contributed by atoms with E-state index in [0.717, 1.165) is 39.4 Å². The molecule has 1 heterocycles. The van der Waals surface area contributed by atoms with Crippen LogP contribution < -0.4 is 5.32 Å². The van der Waals surface area contributed by atoms with Crippen LogP contribution in [0.1, 0.15) is 30.1 Å². The zero-order valence-corrected chi connectivity index (χ0v) is 13.5. The van der Waals surface area contributed by atoms with Gasteiger partial charge in [0.1, 0.15) is 5.82 Å². The van der Waals surface area contributed by atoms with Crippen LogP contribution in [0.2, 0.25) is 5.02 Å². The number of thioether (sulfide) groups is 1. The molecule has 0 unspecified atom stereocenters. The van der Waals surface area contributed by atoms with Crippen molar-refractivity contribution in [1.29, 1.82) is 0 Å². The van der Waals surface area contributed by atoms with E-state index in [0.29, 0.717) is 6.04 Å². The van der Waals surface area contributed by atoms with Crippen LogP contribution in [-0.2, 0) is 12.3 Å². The van der Waals surface area contributed by atoms with E-state index in [2.05, 4.69) is 27.4 Å². The summed E-state index contributed by atoms with van der Waals surface area (Å²) >= 11 is 7.71. The quantitative estimate of drug-likeness (QED) is 0.817. The highest BCUT2D eigenvalue weighted by Crippen LogP contribution is 2.24. The summed E-state index contributed by atoms with van der Waals surface area (Å²) in [7, 11) is 0. The van der Waals surface area contributed by atoms with E-state index in [4.69, 9.17) is 11.6 Å². The van der Waals surface area contributed by atoms with Crippen LogP contribution in [0.4, 0.5) is 0 Å². The zero-order chi connectivity index (χ0) is 14.7. The lowest BCUT2D eigenvalue weighted by atomic mass is 10.3. The topological polar surface area (TPSA) is 37.8 Å². The molecule has 1 aromatic carbocycles. The summed E-state index contributed by atoms with van der Waals surface area (Å²) in [6.45, 7) is 2.86. The average Bonchev–Trinajstić information content (AvgIpc) is 3.27. The largest absolute Gasteiger partial charge is 0.308 e. The minimum atomic E-state index is 0.699. The standard InChI is InChI=1S/C16H18ClN3S/c1-11-7-14(9-18-13-5-6-13)20-16(19-11)10-21-15-4-2-3-12(17)8-15/h2-4,7-8,13,18H,5-6,9-10H2,1H3. The summed E-state index contributed by atoms with van der Waals surface area (Å²) in [4.78, 5) is 10.3. The Morgan fingerprint density at radius 1 is 1.29 bits per heavy atom. The van der Waals surface area contributed by atoms with Gasteiger partial charge in [-0.05, 0) is 44.0 Å². The van der Waals surface area contributed by atoms with Crippen LogP contribution in [0.25, 0.3) is 0 Å². The summed E-state index contributed by atoms with van der Waals surface area (Å²) in [6.07, 6.45) is 2.59. The first-order valence-corrected chi connectivity index (χ1v) is 8.50. The fraction of sp³-hybridized carbons (Fsp3) is 0.375. The number of rotatable bonds is 6. The highest BCUT2D eigenvalue weighted by atomic mass is 35.5. The van der Waals surface area contributed by atoms with E-state index in [-0.39, 0.29) is 0 Å². The Hall–Kier alpha value is -1.10. The van der Waals surface area contributed by atoms with Gasteiger partial charge in [0.05, 0.1) is 11.4 Å². The summed E-state index contributed by atoms with van der Waals surface area (Å²) < 4.78 is 0. The molecule has 0 aliphatic heterocycles. The van der Waals surface area contributed by atoms with Gasteiger partial charge in [0, 0.05) is 28.2 Å². The van der Waals surface area contributed by atoms with Crippen molar-refractivity contribution in [3.05, 3.63) is 52.6 Å². The van der Waals surface area contributed by atoms with Crippen LogP contribution in [0.15, 0.2) is 35.2 Å². The second kappa shape index (κ2) is 6.77. The van der Waals surface area contributed by atoms with E-state index in [1.807, 2.05) is 25.1 Å². The Morgan fingerprint density at radius 3 is 2.90 bits per heavy atom. The summed E-state index contributed by atoms with van der Waals surface area (Å²) in [6, 6.07) is 10.6. The Bertz CT molecular complexity index is 629. The third kappa shape index (κ3) is 4.70. The number of nitrogens with one attached hydrogen (secondary N) is 1. The second-order valence-electron chi connectivity index (χ2n) is 5.32. The second-order valence-corrected chi connectivity index (χ2v) is 6.80. The van der Waals surface area contributed by atoms with E-state index in [9.17, 15) is 0 Å². The van der Waals surface area contributed by atoms with Crippen molar-refractivity contribution in [2.75, 3.05) is 0 Å². The third-order valence-electron chi connectivity index (χ3n) is 3.27. The number of halogens is 1. The van der Waals surface area contributed by atoms with Crippen molar-refractivity contribution >= 4 is 23.4 Å². The first-order valence-electron chi connectivity index (χ1n) is 7.14. The summed E-state index contributed by atoms with van der Waals surface area (Å²) in [5, 5.41) is 4.26. The molecule has 21 heavy (non-hydrogen) atoms. The van der Waals surface area contributed by atoms with Gasteiger partial charge in [-0.25, -0.2) is 9.97 Å². The third-order valence-corrected chi connectivity index (χ3v) is 4.49. The summed E-state index contributed by atoms with van der Waals surface area (Å²) in [5.74, 6) is 1.64. The lowest BCUT2D eigenvalue weighted by Crippen LogP contribution is -2.17. The SMILES string of the molecule is Cc1cc(CNC2CC2)nc(CSc2cccc(Cl)c2)n1. The van der Waals surface area contributed by atoms with Gasteiger partial charge in [-0.1, -0.05) is 17.7 Å². The van der Waals surface area contributed by atoms with Gasteiger partial charge in [0.25, 0.3) is 0 Å². The van der Waals surface area contributed by atoms with Gasteiger partial charge < -0.3 is 5.32 Å². The van der Waals surface area contributed by atoms with Gasteiger partial charge in [0.2, 0.25) is 0 Å². The van der Waals surface area contributed by atoms with Crippen LogP contribution in [-0.4, -0.2) is 16.0 Å². The molecule has 5 heteroatoms. The van der Waals surface area contributed by atoms with E-state index in [1.54, 1.807) is 11.8 Å². The van der Waals surface area contributed by atoms with Gasteiger partial charge in [-0.2, -0.15) is 0 Å². The molecular formula is C16H18ClN3S. The smallest absolute Gasteiger partial charge is 0.139 e. The average molecular weight is 320 g/mol. The number of benzene rings is 1. The summed E-state index contributed by atoms with van der Waals surface area (Å²) in [5.41, 5.74) is 2.11. The van der Waals surface area contributed by atoms with Crippen molar-refractivity contribution in [3.63, 3.8) is 0 Å². The lowest BCUT2D eigenvalue weighted by Gasteiger charge is -2.07. The Balaban J connectivity index is 1.63. The molecule has 1 N–H and O–H groups in total. The van der Waals surface area contributed by atoms with Crippen molar-refractivity contribution in [1.82, 2.24) is 15.3 Å². The molecule has 0 amide bonds. The van der Waals surface area contributed by atoms with Crippen LogP contribution in [0, 0.1) is 6.92 Å². The highest BCUT2D eigenvalue weighted by Gasteiger charge is 2.20. The molecule has 1 aliphatic carbocycles. The molecule has 0 radical (unpaired) electrons. The normalized spacial score (nSPS) is 14.4. The van der Waals surface area contributed by atoms with Gasteiger partial charge >= 0.3 is 0 Å². The zero-order valence-electron chi connectivity index (χ0n) is 12.0. The van der Waals surface area contributed by atoms with Crippen molar-refractivity contribution < 1.29 is 0 Å². The van der Waals surface area contributed by atoms with Crippen molar-refractivity contribution in [2.45, 2.75) is 43.0 Å². The monoisotopic (exact) mass is 319 g/mol. The maximum Gasteiger partial charge on any atom is 0.139 e. The van der Waals surface area contributed by atoms with E-state index < -0.39 is 0 Å². The fourth-order valence-electron chi connectivity index (χ4n) is 2.10. The molecule has 2 aromatic rings. The minimum absolute atomic E-state index is 0.699. The molecule has 0 saturated heterocycles. The number of hydrogen-bond donors (Lipinski definition) is 1. The predicted octanol–water partition coefficient (Wildman–Crippen LogP) is 3.98. The maximum absolute atomic E-state index is 6.00. The first-order chi connectivity index (χ1) is 10.2. The van der Waals surface area contributed by atoms with Crippen LogP contribution in [0.5, 0.6) is 0 Å². The van der Waals surface area contributed by atoms with E-state index >= 15 is 0 Å². The molecule has 0 spiro atoms. The Kier molecular flexibility index (Phi) is 4.78. The van der Waals surface area contributed by atoms with Crippen LogP contribution >= 0.6 is 23.4 Å². The molecular weight excluding hydrogens is 302 g/mol. The Morgan fingerprint density at radius 2 is 2.14 bits per heavy atom. The highest BCUT2D eigenvalue weighted by molar-refractivity contribution is 7.98. The number of aromatic nitrogens is 2. The van der Waals surface area contributed by atoms with Gasteiger partial charge in [0.15, 0.2) is 0 Å². The van der Waals surface area contributed by atoms with Gasteiger partial charge in [-0.3, -0.25) is 0 Å². The maximum atomic E-state index is 6.00. The molecule has 3 rings (SSSR count). The molecule has 0 bridgehead atoms. The van der Waals surface area contributed by atoms with Crippen LogP contribution in [0.3, 0.4) is 0 Å². The molecule has 110 valence electrons. The molecule has 0 atom stereocenters. The minimum Gasteiger partial charge on any atom is -0.308 e. The molecule has 1 saturated carbocycles. The van der Waals surface area contributed by atoms with Crippen molar-refractivity contribution in [2.24, 2.45) is 0 Å². The molecule has 1 aliphatic rings. The first kappa shape index (κ1) is 14.8. The molecule has 3 nitrogen and oxygen atoms in total. The number of aryl methyl sites for hydroxylation is 1. The predicted molar refractivity (Wildman–Crippen MR) is 87.6 cm³/mol. The number of nitrogens with zero attached hydrogens (tertiary/aromatic N) is 2. The lowest BCUT2D eigenvalue weighted by molar-refractivity contribution is 0.668. The Labute approximate surface area is 134 Å².